The third-order valence-corrected chi connectivity index (χ3v) is 4.66. The molecule has 0 radical (unpaired) electrons. The number of phosphoric acid groups is 1. The van der Waals surface area contributed by atoms with E-state index in [0.29, 0.717) is 11.3 Å². The Morgan fingerprint density at radius 2 is 2.04 bits per heavy atom. The minimum absolute atomic E-state index is 0.0127. The smallest absolute Gasteiger partial charge is 0.387 e. The van der Waals surface area contributed by atoms with E-state index in [0.717, 1.165) is 4.57 Å². The lowest BCUT2D eigenvalue weighted by Crippen LogP contribution is -2.36. The maximum atomic E-state index is 12.2. The van der Waals surface area contributed by atoms with Gasteiger partial charge in [-0.05, 0) is 12.1 Å². The summed E-state index contributed by atoms with van der Waals surface area (Å²) in [5.41, 5.74) is 6.10. The van der Waals surface area contributed by atoms with E-state index in [9.17, 15) is 19.6 Å². The van der Waals surface area contributed by atoms with Gasteiger partial charge in [-0.25, -0.2) is 9.36 Å². The zero-order valence-electron chi connectivity index (χ0n) is 14.4. The van der Waals surface area contributed by atoms with Gasteiger partial charge in [0.2, 0.25) is 0 Å². The van der Waals surface area contributed by atoms with Gasteiger partial charge in [0.15, 0.2) is 6.23 Å². The van der Waals surface area contributed by atoms with Crippen molar-refractivity contribution in [2.24, 2.45) is 0 Å². The molecule has 28 heavy (non-hydrogen) atoms. The van der Waals surface area contributed by atoms with E-state index >= 15 is 0 Å². The quantitative estimate of drug-likeness (QED) is 0.347. The minimum atomic E-state index is -4.80. The number of aliphatic hydroxyl groups excluding tert-OH is 2. The van der Waals surface area contributed by atoms with Crippen LogP contribution in [0, 0.1) is 0 Å². The number of hydrogen-bond acceptors (Lipinski definition) is 9. The molecule has 0 saturated carbocycles. The van der Waals surface area contributed by atoms with Gasteiger partial charge in [-0.3, -0.25) is 14.1 Å². The second kappa shape index (κ2) is 8.05. The highest BCUT2D eigenvalue weighted by molar-refractivity contribution is 7.46. The monoisotopic (exact) mass is 414 g/mol. The standard InChI is InChI=1S/C15H19N4O8P/c16-13-8(5-9-3-1-2-4-17-9)6-19(15(22)18-13)14-12(21)11(20)10(27-14)7-26-28(23,24)25/h1-4,6,10-12,14,20-21H,5,7H2,(H2,16,18,22)(H2,23,24,25)/t10-,11-,12-,14-/m1/s1. The maximum absolute atomic E-state index is 12.2. The highest BCUT2D eigenvalue weighted by Crippen LogP contribution is 2.38. The van der Waals surface area contributed by atoms with E-state index in [2.05, 4.69) is 14.5 Å². The van der Waals surface area contributed by atoms with Gasteiger partial charge in [-0.1, -0.05) is 6.07 Å². The Morgan fingerprint density at radius 1 is 1.29 bits per heavy atom. The molecule has 4 atom stereocenters. The first-order valence-corrected chi connectivity index (χ1v) is 9.68. The average Bonchev–Trinajstić information content (AvgIpc) is 2.91. The molecule has 0 amide bonds. The third kappa shape index (κ3) is 4.62. The first kappa shape index (κ1) is 20.6. The Kier molecular flexibility index (Phi) is 5.91. The van der Waals surface area contributed by atoms with Crippen molar-refractivity contribution in [3.63, 3.8) is 0 Å². The van der Waals surface area contributed by atoms with Crippen LogP contribution in [0.15, 0.2) is 35.4 Å². The lowest BCUT2D eigenvalue weighted by Gasteiger charge is -2.18. The van der Waals surface area contributed by atoms with Crippen LogP contribution >= 0.6 is 7.82 Å². The Hall–Kier alpha value is -2.18. The van der Waals surface area contributed by atoms with Gasteiger partial charge in [-0.2, -0.15) is 4.98 Å². The number of ether oxygens (including phenoxy) is 1. The van der Waals surface area contributed by atoms with Crippen molar-refractivity contribution in [3.8, 4) is 0 Å². The summed E-state index contributed by atoms with van der Waals surface area (Å²) in [6.07, 6.45) is -2.51. The van der Waals surface area contributed by atoms with Crippen LogP contribution in [0.1, 0.15) is 17.5 Å². The molecule has 0 bridgehead atoms. The molecule has 1 aliphatic heterocycles. The number of phosphoric ester groups is 1. The van der Waals surface area contributed by atoms with Gasteiger partial charge in [0.25, 0.3) is 0 Å². The number of nitrogen functional groups attached to an aromatic ring is 1. The molecule has 1 saturated heterocycles. The number of hydrogen-bond donors (Lipinski definition) is 5. The number of rotatable bonds is 6. The van der Waals surface area contributed by atoms with Crippen molar-refractivity contribution in [2.75, 3.05) is 12.3 Å². The number of aliphatic hydroxyl groups is 2. The molecule has 6 N–H and O–H groups in total. The van der Waals surface area contributed by atoms with Crippen LogP contribution < -0.4 is 11.4 Å². The zero-order chi connectivity index (χ0) is 20.5. The molecular weight excluding hydrogens is 395 g/mol. The highest BCUT2D eigenvalue weighted by atomic mass is 31.2. The molecule has 0 spiro atoms. The van der Waals surface area contributed by atoms with E-state index in [1.54, 1.807) is 24.4 Å². The second-order valence-corrected chi connectivity index (χ2v) is 7.41. The molecule has 1 fully saturated rings. The number of anilines is 1. The van der Waals surface area contributed by atoms with E-state index in [-0.39, 0.29) is 12.2 Å². The van der Waals surface area contributed by atoms with Crippen LogP contribution in [-0.4, -0.2) is 59.5 Å². The molecule has 1 aliphatic rings. The van der Waals surface area contributed by atoms with Crippen molar-refractivity contribution < 1.29 is 33.8 Å². The predicted octanol–water partition coefficient (Wildman–Crippen LogP) is -1.46. The van der Waals surface area contributed by atoms with E-state index in [1.807, 2.05) is 0 Å². The number of nitrogens with zero attached hydrogens (tertiary/aromatic N) is 3. The third-order valence-electron chi connectivity index (χ3n) is 4.18. The van der Waals surface area contributed by atoms with Crippen LogP contribution in [-0.2, 0) is 20.2 Å². The van der Waals surface area contributed by atoms with Crippen molar-refractivity contribution in [2.45, 2.75) is 31.0 Å². The summed E-state index contributed by atoms with van der Waals surface area (Å²) in [4.78, 5) is 37.7. The summed E-state index contributed by atoms with van der Waals surface area (Å²) in [6, 6.07) is 5.29. The van der Waals surface area contributed by atoms with Gasteiger partial charge in [0.05, 0.1) is 6.61 Å². The number of aromatic nitrogens is 3. The molecule has 0 aromatic carbocycles. The van der Waals surface area contributed by atoms with Crippen LogP contribution in [0.25, 0.3) is 0 Å². The van der Waals surface area contributed by atoms with Gasteiger partial charge in [0.1, 0.15) is 24.1 Å². The first-order valence-electron chi connectivity index (χ1n) is 8.15. The van der Waals surface area contributed by atoms with E-state index in [1.165, 1.54) is 6.20 Å². The molecule has 2 aromatic rings. The molecule has 152 valence electrons. The van der Waals surface area contributed by atoms with Crippen LogP contribution in [0.3, 0.4) is 0 Å². The lowest BCUT2D eigenvalue weighted by molar-refractivity contribution is -0.0543. The van der Waals surface area contributed by atoms with Crippen molar-refractivity contribution in [1.29, 1.82) is 0 Å². The normalized spacial score (nSPS) is 25.1. The van der Waals surface area contributed by atoms with Gasteiger partial charge in [0, 0.05) is 30.1 Å². The van der Waals surface area contributed by atoms with Crippen LogP contribution in [0.5, 0.6) is 0 Å². The molecular formula is C15H19N4O8P. The first-order chi connectivity index (χ1) is 13.2. The molecule has 13 heteroatoms. The fraction of sp³-hybridized carbons (Fsp3) is 0.400. The summed E-state index contributed by atoms with van der Waals surface area (Å²) >= 11 is 0. The van der Waals surface area contributed by atoms with Crippen molar-refractivity contribution in [3.05, 3.63) is 52.3 Å². The molecule has 3 rings (SSSR count). The Bertz CT molecular complexity index is 933. The van der Waals surface area contributed by atoms with Crippen LogP contribution in [0.4, 0.5) is 5.82 Å². The molecule has 0 unspecified atom stereocenters. The van der Waals surface area contributed by atoms with Gasteiger partial charge in [-0.15, -0.1) is 0 Å². The summed E-state index contributed by atoms with van der Waals surface area (Å²) in [5.74, 6) is -0.0127. The molecule has 12 nitrogen and oxygen atoms in total. The largest absolute Gasteiger partial charge is 0.469 e. The summed E-state index contributed by atoms with van der Waals surface area (Å²) in [6.45, 7) is -0.684. The zero-order valence-corrected chi connectivity index (χ0v) is 15.3. The molecule has 2 aromatic heterocycles. The summed E-state index contributed by atoms with van der Waals surface area (Å²) < 4.78 is 21.5. The van der Waals surface area contributed by atoms with E-state index < -0.39 is 44.7 Å². The fourth-order valence-corrected chi connectivity index (χ4v) is 3.15. The van der Waals surface area contributed by atoms with Crippen molar-refractivity contribution >= 4 is 13.6 Å². The summed E-state index contributed by atoms with van der Waals surface area (Å²) in [7, 11) is -4.80. The lowest BCUT2D eigenvalue weighted by atomic mass is 10.1. The fourth-order valence-electron chi connectivity index (χ4n) is 2.81. The minimum Gasteiger partial charge on any atom is -0.387 e. The van der Waals surface area contributed by atoms with Crippen LogP contribution in [0.2, 0.25) is 0 Å². The Labute approximate surface area is 158 Å². The topological polar surface area (TPSA) is 190 Å². The van der Waals surface area contributed by atoms with E-state index in [4.69, 9.17) is 20.3 Å². The van der Waals surface area contributed by atoms with Crippen molar-refractivity contribution in [1.82, 2.24) is 14.5 Å². The SMILES string of the molecule is Nc1nc(=O)n([C@@H]2O[C@H](COP(=O)(O)O)[C@@H](O)[C@H]2O)cc1Cc1ccccn1. The highest BCUT2D eigenvalue weighted by Gasteiger charge is 2.45. The molecule has 0 aliphatic carbocycles. The summed E-state index contributed by atoms with van der Waals surface area (Å²) in [5, 5.41) is 20.3. The second-order valence-electron chi connectivity index (χ2n) is 6.17. The average molecular weight is 414 g/mol. The number of pyridine rings is 1. The predicted molar refractivity (Wildman–Crippen MR) is 93.9 cm³/mol. The molecule has 3 heterocycles. The number of nitrogens with two attached hydrogens (primary N) is 1. The maximum Gasteiger partial charge on any atom is 0.469 e. The Morgan fingerprint density at radius 3 is 2.68 bits per heavy atom. The van der Waals surface area contributed by atoms with Gasteiger partial charge < -0.3 is 30.5 Å². The Balaban J connectivity index is 1.85. The van der Waals surface area contributed by atoms with Gasteiger partial charge >= 0.3 is 13.5 Å².